The summed E-state index contributed by atoms with van der Waals surface area (Å²) >= 11 is 1.64. The molecule has 0 radical (unpaired) electrons. The molecule has 4 saturated carbocycles. The van der Waals surface area contributed by atoms with Gasteiger partial charge in [-0.15, -0.1) is 34.0 Å². The molecular formula is C25H34Br2N4O2S. The van der Waals surface area contributed by atoms with Crippen molar-refractivity contribution in [3.05, 3.63) is 41.6 Å². The van der Waals surface area contributed by atoms with Crippen molar-refractivity contribution < 1.29 is 9.59 Å². The molecule has 6 rings (SSSR count). The molecule has 1 aromatic heterocycles. The van der Waals surface area contributed by atoms with E-state index >= 15 is 0 Å². The first kappa shape index (κ1) is 27.4. The van der Waals surface area contributed by atoms with Gasteiger partial charge in [-0.2, -0.15) is 11.8 Å². The highest BCUT2D eigenvalue weighted by molar-refractivity contribution is 8.93. The van der Waals surface area contributed by atoms with Gasteiger partial charge in [-0.1, -0.05) is 18.2 Å². The predicted octanol–water partition coefficient (Wildman–Crippen LogP) is 4.70. The zero-order valence-corrected chi connectivity index (χ0v) is 23.7. The summed E-state index contributed by atoms with van der Waals surface area (Å²) in [7, 11) is 0. The SMILES string of the molecule is Br.Br.CSCC[C@H](N)C(=O)NNC(=O)c1cc(C23CC4CC(CC(C4)C2)C3)c2ccccc2n1. The Kier molecular flexibility index (Phi) is 9.09. The molecule has 9 heteroatoms. The number of nitrogens with one attached hydrogen (secondary N) is 2. The van der Waals surface area contributed by atoms with E-state index in [1.165, 1.54) is 44.1 Å². The van der Waals surface area contributed by atoms with E-state index in [2.05, 4.69) is 28.0 Å². The summed E-state index contributed by atoms with van der Waals surface area (Å²) in [5.74, 6) is 2.46. The number of rotatable bonds is 6. The Labute approximate surface area is 226 Å². The lowest BCUT2D eigenvalue weighted by molar-refractivity contribution is -0.123. The van der Waals surface area contributed by atoms with Crippen LogP contribution in [0.2, 0.25) is 0 Å². The van der Waals surface area contributed by atoms with Crippen molar-refractivity contribution in [2.45, 2.75) is 56.4 Å². The molecule has 4 fully saturated rings. The number of nitrogens with zero attached hydrogens (tertiary/aromatic N) is 1. The first-order chi connectivity index (χ1) is 15.5. The predicted molar refractivity (Wildman–Crippen MR) is 149 cm³/mol. The third-order valence-electron chi connectivity index (χ3n) is 7.83. The summed E-state index contributed by atoms with van der Waals surface area (Å²) < 4.78 is 0. The van der Waals surface area contributed by atoms with Gasteiger partial charge in [0.25, 0.3) is 11.8 Å². The highest BCUT2D eigenvalue weighted by Gasteiger charge is 2.52. The third kappa shape index (κ3) is 5.32. The highest BCUT2D eigenvalue weighted by atomic mass is 79.9. The van der Waals surface area contributed by atoms with Crippen molar-refractivity contribution in [2.75, 3.05) is 12.0 Å². The van der Waals surface area contributed by atoms with E-state index < -0.39 is 11.9 Å². The van der Waals surface area contributed by atoms with Crippen molar-refractivity contribution >= 4 is 68.4 Å². The topological polar surface area (TPSA) is 97.1 Å². The first-order valence-electron chi connectivity index (χ1n) is 11.7. The fourth-order valence-corrected chi connectivity index (χ4v) is 7.31. The fourth-order valence-electron chi connectivity index (χ4n) is 6.82. The number of carbonyl (C=O) groups is 2. The Morgan fingerprint density at radius 2 is 1.71 bits per heavy atom. The lowest BCUT2D eigenvalue weighted by Gasteiger charge is -2.57. The van der Waals surface area contributed by atoms with Crippen LogP contribution < -0.4 is 16.6 Å². The maximum Gasteiger partial charge on any atom is 0.288 e. The number of halogens is 2. The Bertz CT molecular complexity index is 1020. The maximum atomic E-state index is 13.0. The summed E-state index contributed by atoms with van der Waals surface area (Å²) in [4.78, 5) is 29.8. The second-order valence-electron chi connectivity index (χ2n) is 10.1. The van der Waals surface area contributed by atoms with Gasteiger partial charge in [0.1, 0.15) is 5.69 Å². The Morgan fingerprint density at radius 3 is 2.32 bits per heavy atom. The molecule has 1 heterocycles. The number of nitrogens with two attached hydrogens (primary N) is 1. The Balaban J connectivity index is 0.00000162. The van der Waals surface area contributed by atoms with E-state index in [0.717, 1.165) is 34.4 Å². The number of thioether (sulfide) groups is 1. The molecule has 0 spiro atoms. The minimum atomic E-state index is -0.644. The Hall–Kier alpha value is -1.16. The smallest absolute Gasteiger partial charge is 0.288 e. The van der Waals surface area contributed by atoms with Crippen LogP contribution in [0.1, 0.15) is 61.0 Å². The summed E-state index contributed by atoms with van der Waals surface area (Å²) in [6.07, 6.45) is 10.3. The summed E-state index contributed by atoms with van der Waals surface area (Å²) in [5.41, 5.74) is 13.5. The molecule has 6 nitrogen and oxygen atoms in total. The molecule has 0 saturated heterocycles. The van der Waals surface area contributed by atoms with Gasteiger partial charge in [-0.3, -0.25) is 20.4 Å². The van der Waals surface area contributed by atoms with Gasteiger partial charge in [-0.05, 0) is 97.8 Å². The molecule has 1 atom stereocenters. The molecular weight excluding hydrogens is 580 g/mol. The number of carbonyl (C=O) groups excluding carboxylic acids is 2. The second-order valence-corrected chi connectivity index (χ2v) is 11.1. The van der Waals surface area contributed by atoms with Crippen LogP contribution >= 0.6 is 45.7 Å². The minimum absolute atomic E-state index is 0. The number of benzene rings is 1. The van der Waals surface area contributed by atoms with Gasteiger partial charge in [0.15, 0.2) is 0 Å². The summed E-state index contributed by atoms with van der Waals surface area (Å²) in [6.45, 7) is 0. The standard InChI is InChI=1S/C25H32N4O2S.2BrH/c1-32-7-6-20(26)23(30)28-29-24(31)22-11-19(18-4-2-3-5-21(18)27-22)25-12-15-8-16(13-25)10-17(9-15)14-25;;/h2-5,11,15-17,20H,6-10,12-14,26H2,1H3,(H,28,30)(H,29,31);2*1H/t15?,16?,17?,20-,25?;;/m0../s1. The van der Waals surface area contributed by atoms with Crippen LogP contribution in [0.5, 0.6) is 0 Å². The van der Waals surface area contributed by atoms with Crippen molar-refractivity contribution in [3.63, 3.8) is 0 Å². The average molecular weight is 614 g/mol. The van der Waals surface area contributed by atoms with Gasteiger partial charge in [0.2, 0.25) is 0 Å². The van der Waals surface area contributed by atoms with E-state index in [4.69, 9.17) is 5.73 Å². The summed E-state index contributed by atoms with van der Waals surface area (Å²) in [6, 6.07) is 9.49. The van der Waals surface area contributed by atoms with Gasteiger partial charge in [-0.25, -0.2) is 4.98 Å². The number of hydrogen-bond acceptors (Lipinski definition) is 5. The first-order valence-corrected chi connectivity index (χ1v) is 13.1. The normalized spacial score (nSPS) is 27.4. The minimum Gasteiger partial charge on any atom is -0.320 e. The van der Waals surface area contributed by atoms with Crippen LogP contribution in [0.3, 0.4) is 0 Å². The van der Waals surface area contributed by atoms with Crippen molar-refractivity contribution in [1.29, 1.82) is 0 Å². The van der Waals surface area contributed by atoms with E-state index in [0.29, 0.717) is 12.1 Å². The second kappa shape index (κ2) is 11.3. The van der Waals surface area contributed by atoms with E-state index in [9.17, 15) is 9.59 Å². The van der Waals surface area contributed by atoms with E-state index in [-0.39, 0.29) is 45.3 Å². The molecule has 0 unspecified atom stereocenters. The monoisotopic (exact) mass is 612 g/mol. The van der Waals surface area contributed by atoms with E-state index in [1.807, 2.05) is 24.5 Å². The molecule has 2 amide bonds. The molecule has 4 aliphatic carbocycles. The van der Waals surface area contributed by atoms with Gasteiger partial charge in [0.05, 0.1) is 11.6 Å². The van der Waals surface area contributed by atoms with Crippen LogP contribution in [-0.4, -0.2) is 34.8 Å². The Morgan fingerprint density at radius 1 is 1.09 bits per heavy atom. The van der Waals surface area contributed by atoms with Gasteiger partial charge in [0, 0.05) is 5.39 Å². The van der Waals surface area contributed by atoms with Crippen molar-refractivity contribution in [2.24, 2.45) is 23.5 Å². The van der Waals surface area contributed by atoms with Crippen LogP contribution in [-0.2, 0) is 10.2 Å². The van der Waals surface area contributed by atoms with Crippen LogP contribution in [0.25, 0.3) is 10.9 Å². The number of para-hydroxylation sites is 1. The van der Waals surface area contributed by atoms with Crippen LogP contribution in [0.15, 0.2) is 30.3 Å². The van der Waals surface area contributed by atoms with Crippen LogP contribution in [0.4, 0.5) is 0 Å². The molecule has 1 aromatic carbocycles. The van der Waals surface area contributed by atoms with E-state index in [1.54, 1.807) is 11.8 Å². The zero-order chi connectivity index (χ0) is 22.3. The lowest BCUT2D eigenvalue weighted by Crippen LogP contribution is -2.50. The quantitative estimate of drug-likeness (QED) is 0.410. The molecule has 0 aliphatic heterocycles. The molecule has 186 valence electrons. The molecule has 4 aliphatic rings. The number of hydrogen-bond donors (Lipinski definition) is 3. The molecule has 2 aromatic rings. The maximum absolute atomic E-state index is 13.0. The number of aromatic nitrogens is 1. The molecule has 34 heavy (non-hydrogen) atoms. The number of pyridine rings is 1. The summed E-state index contributed by atoms with van der Waals surface area (Å²) in [5, 5.41) is 1.16. The molecule has 4 N–H and O–H groups in total. The number of amides is 2. The average Bonchev–Trinajstić information content (AvgIpc) is 2.79. The lowest BCUT2D eigenvalue weighted by atomic mass is 9.48. The zero-order valence-electron chi connectivity index (χ0n) is 19.4. The number of fused-ring (bicyclic) bond motifs is 1. The van der Waals surface area contributed by atoms with Gasteiger partial charge < -0.3 is 5.73 Å². The molecule has 4 bridgehead atoms. The number of hydrazine groups is 1. The van der Waals surface area contributed by atoms with Crippen molar-refractivity contribution in [3.8, 4) is 0 Å². The van der Waals surface area contributed by atoms with Crippen LogP contribution in [0, 0.1) is 17.8 Å². The largest absolute Gasteiger partial charge is 0.320 e. The fraction of sp³-hybridized carbons (Fsp3) is 0.560. The van der Waals surface area contributed by atoms with Gasteiger partial charge >= 0.3 is 0 Å². The third-order valence-corrected chi connectivity index (χ3v) is 8.47. The van der Waals surface area contributed by atoms with Crippen molar-refractivity contribution in [1.82, 2.24) is 15.8 Å². The highest BCUT2D eigenvalue weighted by Crippen LogP contribution is 2.61.